The molecule has 0 aromatic heterocycles. The topological polar surface area (TPSA) is 58.2 Å². The van der Waals surface area contributed by atoms with Crippen molar-refractivity contribution in [1.29, 1.82) is 0 Å². The first kappa shape index (κ1) is 16.8. The molecule has 1 aromatic rings. The maximum Gasteiger partial charge on any atom is 0.224 e. The zero-order chi connectivity index (χ0) is 16.3. The molecule has 1 aromatic carbocycles. The van der Waals surface area contributed by atoms with Crippen LogP contribution < -0.4 is 10.6 Å². The Morgan fingerprint density at radius 1 is 1.23 bits per heavy atom. The highest BCUT2D eigenvalue weighted by Gasteiger charge is 2.48. The monoisotopic (exact) mass is 322 g/mol. The largest absolute Gasteiger partial charge is 0.356 e. The molecule has 2 amide bonds. The number of hydrogen-bond donors (Lipinski definition) is 2. The number of hydrogen-bond acceptors (Lipinski definition) is 2. The second-order valence-corrected chi connectivity index (χ2v) is 7.30. The van der Waals surface area contributed by atoms with Crippen LogP contribution in [0.3, 0.4) is 0 Å². The third-order valence-electron chi connectivity index (χ3n) is 3.56. The van der Waals surface area contributed by atoms with Gasteiger partial charge in [0.05, 0.1) is 11.8 Å². The maximum absolute atomic E-state index is 12.0. The highest BCUT2D eigenvalue weighted by Crippen LogP contribution is 2.39. The quantitative estimate of drug-likeness (QED) is 0.875. The van der Waals surface area contributed by atoms with Crippen LogP contribution in [0.25, 0.3) is 0 Å². The summed E-state index contributed by atoms with van der Waals surface area (Å²) in [6, 6.07) is 7.60. The molecule has 0 bridgehead atoms. The van der Waals surface area contributed by atoms with Gasteiger partial charge in [-0.2, -0.15) is 0 Å². The summed E-state index contributed by atoms with van der Waals surface area (Å²) in [5.74, 6) is -0.411. The smallest absolute Gasteiger partial charge is 0.224 e. The van der Waals surface area contributed by atoms with Crippen LogP contribution in [0.4, 0.5) is 0 Å². The zero-order valence-electron chi connectivity index (χ0n) is 13.3. The van der Waals surface area contributed by atoms with E-state index in [1.165, 1.54) is 0 Å². The van der Waals surface area contributed by atoms with E-state index in [4.69, 9.17) is 11.6 Å². The lowest BCUT2D eigenvalue weighted by Gasteiger charge is -2.20. The van der Waals surface area contributed by atoms with Crippen molar-refractivity contribution in [3.8, 4) is 0 Å². The van der Waals surface area contributed by atoms with Gasteiger partial charge in [0, 0.05) is 17.1 Å². The number of rotatable bonds is 5. The lowest BCUT2D eigenvalue weighted by molar-refractivity contribution is -0.128. The Labute approximate surface area is 136 Å². The molecule has 1 aliphatic carbocycles. The highest BCUT2D eigenvalue weighted by atomic mass is 35.5. The number of amides is 2. The fourth-order valence-corrected chi connectivity index (χ4v) is 2.60. The SMILES string of the molecule is CC(C)(C)NC(=O)C1CC1C(=O)NCCc1cccc(Cl)c1. The Kier molecular flexibility index (Phi) is 5.12. The zero-order valence-corrected chi connectivity index (χ0v) is 14.0. The van der Waals surface area contributed by atoms with Crippen LogP contribution in [0.5, 0.6) is 0 Å². The number of carbonyl (C=O) groups is 2. The average molecular weight is 323 g/mol. The van der Waals surface area contributed by atoms with Crippen LogP contribution in [0.15, 0.2) is 24.3 Å². The minimum atomic E-state index is -0.257. The van der Waals surface area contributed by atoms with E-state index in [2.05, 4.69) is 10.6 Å². The molecule has 1 aliphatic rings. The Balaban J connectivity index is 1.72. The van der Waals surface area contributed by atoms with E-state index >= 15 is 0 Å². The van der Waals surface area contributed by atoms with Gasteiger partial charge < -0.3 is 10.6 Å². The van der Waals surface area contributed by atoms with E-state index in [0.29, 0.717) is 18.0 Å². The van der Waals surface area contributed by atoms with Crippen molar-refractivity contribution in [1.82, 2.24) is 10.6 Å². The van der Waals surface area contributed by atoms with Gasteiger partial charge in [0.2, 0.25) is 11.8 Å². The maximum atomic E-state index is 12.0. The summed E-state index contributed by atoms with van der Waals surface area (Å²) in [5, 5.41) is 6.52. The third-order valence-corrected chi connectivity index (χ3v) is 3.80. The minimum absolute atomic E-state index is 0.0255. The van der Waals surface area contributed by atoms with Crippen LogP contribution in [0.1, 0.15) is 32.8 Å². The lowest BCUT2D eigenvalue weighted by atomic mass is 10.1. The van der Waals surface area contributed by atoms with Gasteiger partial charge in [-0.3, -0.25) is 9.59 Å². The van der Waals surface area contributed by atoms with Gasteiger partial charge in [-0.15, -0.1) is 0 Å². The van der Waals surface area contributed by atoms with E-state index in [1.807, 2.05) is 45.0 Å². The molecule has 2 N–H and O–H groups in total. The van der Waals surface area contributed by atoms with Crippen LogP contribution in [-0.4, -0.2) is 23.9 Å². The molecule has 0 aliphatic heterocycles. The predicted molar refractivity (Wildman–Crippen MR) is 87.7 cm³/mol. The molecule has 0 spiro atoms. The summed E-state index contributed by atoms with van der Waals surface area (Å²) < 4.78 is 0. The highest BCUT2D eigenvalue weighted by molar-refractivity contribution is 6.30. The third kappa shape index (κ3) is 5.02. The fraction of sp³-hybridized carbons (Fsp3) is 0.529. The second kappa shape index (κ2) is 6.69. The molecule has 5 heteroatoms. The summed E-state index contributed by atoms with van der Waals surface area (Å²) in [6.07, 6.45) is 1.38. The molecule has 1 fully saturated rings. The standard InChI is InChI=1S/C17H23ClN2O2/c1-17(2,3)20-16(22)14-10-13(14)15(21)19-8-7-11-5-4-6-12(18)9-11/h4-6,9,13-14H,7-8,10H2,1-3H3,(H,19,21)(H,20,22). The average Bonchev–Trinajstić information content (AvgIpc) is 3.17. The van der Waals surface area contributed by atoms with E-state index in [-0.39, 0.29) is 29.2 Å². The summed E-state index contributed by atoms with van der Waals surface area (Å²) in [4.78, 5) is 24.0. The number of nitrogens with one attached hydrogen (secondary N) is 2. The van der Waals surface area contributed by atoms with Crippen molar-refractivity contribution in [3.05, 3.63) is 34.9 Å². The van der Waals surface area contributed by atoms with E-state index in [1.54, 1.807) is 0 Å². The van der Waals surface area contributed by atoms with E-state index < -0.39 is 0 Å². The van der Waals surface area contributed by atoms with Crippen molar-refractivity contribution < 1.29 is 9.59 Å². The molecule has 120 valence electrons. The van der Waals surface area contributed by atoms with Gasteiger partial charge >= 0.3 is 0 Å². The van der Waals surface area contributed by atoms with Gasteiger partial charge in [0.1, 0.15) is 0 Å². The first-order valence-electron chi connectivity index (χ1n) is 7.60. The molecular weight excluding hydrogens is 300 g/mol. The second-order valence-electron chi connectivity index (χ2n) is 6.86. The molecule has 1 saturated carbocycles. The van der Waals surface area contributed by atoms with Crippen LogP contribution >= 0.6 is 11.6 Å². The minimum Gasteiger partial charge on any atom is -0.356 e. The molecule has 0 heterocycles. The Morgan fingerprint density at radius 3 is 2.55 bits per heavy atom. The van der Waals surface area contributed by atoms with Gasteiger partial charge in [0.25, 0.3) is 0 Å². The number of halogens is 1. The van der Waals surface area contributed by atoms with Gasteiger partial charge in [-0.05, 0) is 51.3 Å². The first-order valence-corrected chi connectivity index (χ1v) is 7.98. The van der Waals surface area contributed by atoms with Gasteiger partial charge in [0.15, 0.2) is 0 Å². The fourth-order valence-electron chi connectivity index (χ4n) is 2.39. The molecule has 0 saturated heterocycles. The molecule has 0 radical (unpaired) electrons. The molecule has 2 rings (SSSR count). The van der Waals surface area contributed by atoms with Crippen LogP contribution in [0.2, 0.25) is 5.02 Å². The molecule has 2 unspecified atom stereocenters. The van der Waals surface area contributed by atoms with Crippen molar-refractivity contribution in [2.75, 3.05) is 6.54 Å². The predicted octanol–water partition coefficient (Wildman–Crippen LogP) is 2.55. The van der Waals surface area contributed by atoms with Crippen LogP contribution in [-0.2, 0) is 16.0 Å². The first-order chi connectivity index (χ1) is 10.3. The summed E-state index contributed by atoms with van der Waals surface area (Å²) >= 11 is 5.92. The lowest BCUT2D eigenvalue weighted by Crippen LogP contribution is -2.42. The van der Waals surface area contributed by atoms with Crippen molar-refractivity contribution in [2.45, 2.75) is 39.2 Å². The molecular formula is C17H23ClN2O2. The Morgan fingerprint density at radius 2 is 1.91 bits per heavy atom. The molecule has 4 nitrogen and oxygen atoms in total. The normalized spacial score (nSPS) is 20.4. The Bertz CT molecular complexity index is 566. The van der Waals surface area contributed by atoms with Crippen molar-refractivity contribution in [2.24, 2.45) is 11.8 Å². The van der Waals surface area contributed by atoms with Gasteiger partial charge in [-0.1, -0.05) is 23.7 Å². The van der Waals surface area contributed by atoms with Crippen molar-refractivity contribution >= 4 is 23.4 Å². The van der Waals surface area contributed by atoms with Crippen molar-refractivity contribution in [3.63, 3.8) is 0 Å². The van der Waals surface area contributed by atoms with E-state index in [9.17, 15) is 9.59 Å². The van der Waals surface area contributed by atoms with Crippen LogP contribution in [0, 0.1) is 11.8 Å². The number of benzene rings is 1. The molecule has 22 heavy (non-hydrogen) atoms. The summed E-state index contributed by atoms with van der Waals surface area (Å²) in [6.45, 7) is 6.37. The molecule has 2 atom stereocenters. The van der Waals surface area contributed by atoms with E-state index in [0.717, 1.165) is 12.0 Å². The summed E-state index contributed by atoms with van der Waals surface area (Å²) in [7, 11) is 0. The Hall–Kier alpha value is -1.55. The summed E-state index contributed by atoms with van der Waals surface area (Å²) in [5.41, 5.74) is 0.832. The van der Waals surface area contributed by atoms with Gasteiger partial charge in [-0.25, -0.2) is 0 Å². The number of carbonyl (C=O) groups excluding carboxylic acids is 2.